The molecule has 0 aromatic carbocycles. The van der Waals surface area contributed by atoms with Crippen molar-refractivity contribution in [2.75, 3.05) is 26.2 Å². The fourth-order valence-electron chi connectivity index (χ4n) is 2.05. The molecule has 18 heavy (non-hydrogen) atoms. The molecule has 2 unspecified atom stereocenters. The Hall–Kier alpha value is -1.14. The first-order chi connectivity index (χ1) is 8.48. The number of amides is 1. The van der Waals surface area contributed by atoms with Gasteiger partial charge in [-0.15, -0.1) is 0 Å². The summed E-state index contributed by atoms with van der Waals surface area (Å²) in [7, 11) is 0. The van der Waals surface area contributed by atoms with Gasteiger partial charge in [0.15, 0.2) is 0 Å². The molecule has 1 heterocycles. The van der Waals surface area contributed by atoms with Crippen molar-refractivity contribution in [3.63, 3.8) is 0 Å². The second-order valence-electron chi connectivity index (χ2n) is 4.87. The molecule has 1 rings (SSSR count). The lowest BCUT2D eigenvalue weighted by molar-refractivity contribution is -0.141. The molecule has 104 valence electrons. The zero-order valence-electron chi connectivity index (χ0n) is 11.0. The Morgan fingerprint density at radius 1 is 1.56 bits per heavy atom. The topological polar surface area (TPSA) is 87.7 Å². The Labute approximate surface area is 107 Å². The smallest absolute Gasteiger partial charge is 0.306 e. The minimum atomic E-state index is -0.920. The SMILES string of the molecule is CCOC(CNC(=O)C1(C)CCNC1)CC(=O)O. The van der Waals surface area contributed by atoms with E-state index >= 15 is 0 Å². The lowest BCUT2D eigenvalue weighted by atomic mass is 9.89. The molecular formula is C12H22N2O4. The molecule has 1 aliphatic heterocycles. The van der Waals surface area contributed by atoms with Crippen molar-refractivity contribution in [3.8, 4) is 0 Å². The third-order valence-corrected chi connectivity index (χ3v) is 3.21. The molecule has 0 bridgehead atoms. The molecular weight excluding hydrogens is 236 g/mol. The van der Waals surface area contributed by atoms with Gasteiger partial charge in [0.05, 0.1) is 17.9 Å². The Balaban J connectivity index is 2.41. The largest absolute Gasteiger partial charge is 0.481 e. The summed E-state index contributed by atoms with van der Waals surface area (Å²) in [5.41, 5.74) is -0.389. The lowest BCUT2D eigenvalue weighted by Gasteiger charge is -2.23. The molecule has 0 aromatic heterocycles. The minimum Gasteiger partial charge on any atom is -0.481 e. The van der Waals surface area contributed by atoms with Crippen LogP contribution in [-0.2, 0) is 14.3 Å². The number of carboxylic acid groups (broad SMARTS) is 1. The van der Waals surface area contributed by atoms with Crippen LogP contribution in [0.15, 0.2) is 0 Å². The predicted molar refractivity (Wildman–Crippen MR) is 66.3 cm³/mol. The maximum Gasteiger partial charge on any atom is 0.306 e. The molecule has 6 heteroatoms. The van der Waals surface area contributed by atoms with E-state index in [1.807, 2.05) is 6.92 Å². The highest BCUT2D eigenvalue weighted by Gasteiger charge is 2.36. The monoisotopic (exact) mass is 258 g/mol. The molecule has 0 aromatic rings. The highest BCUT2D eigenvalue weighted by Crippen LogP contribution is 2.24. The van der Waals surface area contributed by atoms with E-state index in [-0.39, 0.29) is 24.3 Å². The number of hydrogen-bond acceptors (Lipinski definition) is 4. The predicted octanol–water partition coefficient (Wildman–Crippen LogP) is -0.0180. The van der Waals surface area contributed by atoms with Crippen LogP contribution in [0.5, 0.6) is 0 Å². The first-order valence-electron chi connectivity index (χ1n) is 6.30. The number of carboxylic acids is 1. The maximum atomic E-state index is 12.0. The maximum absolute atomic E-state index is 12.0. The van der Waals surface area contributed by atoms with Crippen LogP contribution >= 0.6 is 0 Å². The van der Waals surface area contributed by atoms with Crippen molar-refractivity contribution in [1.82, 2.24) is 10.6 Å². The van der Waals surface area contributed by atoms with Crippen molar-refractivity contribution in [2.45, 2.75) is 32.8 Å². The molecule has 3 N–H and O–H groups in total. The molecule has 0 radical (unpaired) electrons. The molecule has 1 amide bonds. The van der Waals surface area contributed by atoms with Crippen LogP contribution in [0.3, 0.4) is 0 Å². The fourth-order valence-corrected chi connectivity index (χ4v) is 2.05. The Morgan fingerprint density at radius 3 is 2.78 bits per heavy atom. The average molecular weight is 258 g/mol. The van der Waals surface area contributed by atoms with Crippen LogP contribution in [0.1, 0.15) is 26.7 Å². The van der Waals surface area contributed by atoms with E-state index in [0.717, 1.165) is 13.0 Å². The summed E-state index contributed by atoms with van der Waals surface area (Å²) in [6.45, 7) is 5.90. The first kappa shape index (κ1) is 14.9. The number of carbonyl (C=O) groups excluding carboxylic acids is 1. The van der Waals surface area contributed by atoms with Crippen molar-refractivity contribution >= 4 is 11.9 Å². The first-order valence-corrected chi connectivity index (χ1v) is 6.30. The van der Waals surface area contributed by atoms with Gasteiger partial charge in [-0.2, -0.15) is 0 Å². The summed E-state index contributed by atoms with van der Waals surface area (Å²) >= 11 is 0. The van der Waals surface area contributed by atoms with Gasteiger partial charge in [0, 0.05) is 19.7 Å². The van der Waals surface area contributed by atoms with E-state index in [2.05, 4.69) is 10.6 Å². The van der Waals surface area contributed by atoms with Crippen LogP contribution in [-0.4, -0.2) is 49.3 Å². The zero-order valence-corrected chi connectivity index (χ0v) is 11.0. The Bertz CT molecular complexity index is 300. The molecule has 1 fully saturated rings. The Morgan fingerprint density at radius 2 is 2.28 bits per heavy atom. The highest BCUT2D eigenvalue weighted by atomic mass is 16.5. The summed E-state index contributed by atoms with van der Waals surface area (Å²) in [5, 5.41) is 14.7. The molecule has 1 saturated heterocycles. The van der Waals surface area contributed by atoms with Crippen LogP contribution in [0.4, 0.5) is 0 Å². The number of carbonyl (C=O) groups is 2. The van der Waals surface area contributed by atoms with Crippen molar-refractivity contribution in [3.05, 3.63) is 0 Å². The van der Waals surface area contributed by atoms with Gasteiger partial charge in [0.2, 0.25) is 5.91 Å². The van der Waals surface area contributed by atoms with E-state index in [1.54, 1.807) is 6.92 Å². The molecule has 0 aliphatic carbocycles. The Kier molecular flexibility index (Phi) is 5.55. The van der Waals surface area contributed by atoms with Gasteiger partial charge < -0.3 is 20.5 Å². The second kappa shape index (κ2) is 6.70. The number of ether oxygens (including phenoxy) is 1. The van der Waals surface area contributed by atoms with Gasteiger partial charge in [0.1, 0.15) is 0 Å². The summed E-state index contributed by atoms with van der Waals surface area (Å²) in [6, 6.07) is 0. The van der Waals surface area contributed by atoms with Crippen LogP contribution in [0.25, 0.3) is 0 Å². The van der Waals surface area contributed by atoms with Crippen LogP contribution in [0.2, 0.25) is 0 Å². The third kappa shape index (κ3) is 4.27. The average Bonchev–Trinajstić information content (AvgIpc) is 2.73. The minimum absolute atomic E-state index is 0.0393. The van der Waals surface area contributed by atoms with Gasteiger partial charge in [-0.05, 0) is 26.8 Å². The zero-order chi connectivity index (χ0) is 13.6. The van der Waals surface area contributed by atoms with Gasteiger partial charge in [-0.3, -0.25) is 9.59 Å². The van der Waals surface area contributed by atoms with Gasteiger partial charge in [-0.1, -0.05) is 0 Å². The van der Waals surface area contributed by atoms with Crippen molar-refractivity contribution in [2.24, 2.45) is 5.41 Å². The summed E-state index contributed by atoms with van der Waals surface area (Å²) < 4.78 is 5.29. The number of rotatable bonds is 7. The quantitative estimate of drug-likeness (QED) is 0.597. The number of nitrogens with one attached hydrogen (secondary N) is 2. The summed E-state index contributed by atoms with van der Waals surface area (Å²) in [4.78, 5) is 22.7. The van der Waals surface area contributed by atoms with E-state index in [4.69, 9.17) is 9.84 Å². The van der Waals surface area contributed by atoms with Crippen LogP contribution < -0.4 is 10.6 Å². The number of aliphatic carboxylic acids is 1. The van der Waals surface area contributed by atoms with E-state index in [1.165, 1.54) is 0 Å². The van der Waals surface area contributed by atoms with Gasteiger partial charge in [0.25, 0.3) is 0 Å². The van der Waals surface area contributed by atoms with E-state index < -0.39 is 12.1 Å². The van der Waals surface area contributed by atoms with Gasteiger partial charge >= 0.3 is 5.97 Å². The lowest BCUT2D eigenvalue weighted by Crippen LogP contribution is -2.44. The number of hydrogen-bond donors (Lipinski definition) is 3. The van der Waals surface area contributed by atoms with Gasteiger partial charge in [-0.25, -0.2) is 0 Å². The van der Waals surface area contributed by atoms with Crippen molar-refractivity contribution < 1.29 is 19.4 Å². The van der Waals surface area contributed by atoms with Crippen LogP contribution in [0, 0.1) is 5.41 Å². The fraction of sp³-hybridized carbons (Fsp3) is 0.833. The summed E-state index contributed by atoms with van der Waals surface area (Å²) in [6.07, 6.45) is 0.245. The summed E-state index contributed by atoms with van der Waals surface area (Å²) in [5.74, 6) is -0.959. The normalized spacial score (nSPS) is 24.8. The second-order valence-corrected chi connectivity index (χ2v) is 4.87. The molecule has 2 atom stereocenters. The third-order valence-electron chi connectivity index (χ3n) is 3.21. The van der Waals surface area contributed by atoms with Crippen molar-refractivity contribution in [1.29, 1.82) is 0 Å². The standard InChI is InChI=1S/C12H22N2O4/c1-3-18-9(6-10(15)16)7-14-11(17)12(2)4-5-13-8-12/h9,13H,3-8H2,1-2H3,(H,14,17)(H,15,16). The molecule has 0 spiro atoms. The highest BCUT2D eigenvalue weighted by molar-refractivity contribution is 5.83. The molecule has 6 nitrogen and oxygen atoms in total. The van der Waals surface area contributed by atoms with E-state index in [0.29, 0.717) is 13.2 Å². The molecule has 0 saturated carbocycles. The molecule has 1 aliphatic rings. The van der Waals surface area contributed by atoms with E-state index in [9.17, 15) is 9.59 Å².